The molecule has 1 N–H and O–H groups in total. The summed E-state index contributed by atoms with van der Waals surface area (Å²) in [5.74, 6) is 1.32. The molecule has 0 fully saturated rings. The van der Waals surface area contributed by atoms with E-state index in [0.717, 1.165) is 39.4 Å². The van der Waals surface area contributed by atoms with Crippen LogP contribution in [0.2, 0.25) is 0 Å². The lowest BCUT2D eigenvalue weighted by atomic mass is 10.1. The van der Waals surface area contributed by atoms with Crippen molar-refractivity contribution in [2.24, 2.45) is 0 Å². The molecule has 3 heterocycles. The highest BCUT2D eigenvalue weighted by molar-refractivity contribution is 5.98. The first kappa shape index (κ1) is 19.6. The molecule has 3 aromatic heterocycles. The zero-order valence-corrected chi connectivity index (χ0v) is 17.4. The van der Waals surface area contributed by atoms with Crippen LogP contribution in [-0.4, -0.2) is 32.8 Å². The molecule has 152 valence electrons. The van der Waals surface area contributed by atoms with Crippen molar-refractivity contribution in [2.45, 2.75) is 27.3 Å². The molecule has 0 spiro atoms. The molecule has 30 heavy (non-hydrogen) atoms. The second-order valence-corrected chi connectivity index (χ2v) is 7.23. The van der Waals surface area contributed by atoms with Gasteiger partial charge in [-0.15, -0.1) is 0 Å². The lowest BCUT2D eigenvalue weighted by Gasteiger charge is -2.10. The third-order valence-corrected chi connectivity index (χ3v) is 4.95. The Labute approximate surface area is 174 Å². The highest BCUT2D eigenvalue weighted by atomic mass is 16.5. The van der Waals surface area contributed by atoms with Gasteiger partial charge in [0.2, 0.25) is 0 Å². The van der Waals surface area contributed by atoms with Gasteiger partial charge in [-0.1, -0.05) is 6.07 Å². The lowest BCUT2D eigenvalue weighted by Crippen LogP contribution is -2.24. The summed E-state index contributed by atoms with van der Waals surface area (Å²) in [6, 6.07) is 13.3. The van der Waals surface area contributed by atoms with Crippen LogP contribution in [-0.2, 0) is 6.54 Å². The Hall–Kier alpha value is -3.74. The van der Waals surface area contributed by atoms with Crippen LogP contribution in [0.25, 0.3) is 16.7 Å². The maximum absolute atomic E-state index is 12.7. The Kier molecular flexibility index (Phi) is 5.18. The number of aryl methyl sites for hydroxylation is 3. The van der Waals surface area contributed by atoms with E-state index in [1.54, 1.807) is 18.0 Å². The molecule has 1 aromatic carbocycles. The first-order valence-corrected chi connectivity index (χ1v) is 9.67. The molecular formula is C23H23N5O2. The molecule has 4 aromatic rings. The maximum Gasteiger partial charge on any atom is 0.253 e. The molecule has 0 bridgehead atoms. The first-order valence-electron chi connectivity index (χ1n) is 9.67. The van der Waals surface area contributed by atoms with Gasteiger partial charge < -0.3 is 10.1 Å². The van der Waals surface area contributed by atoms with Crippen LogP contribution in [0.5, 0.6) is 5.75 Å². The average molecular weight is 401 g/mol. The van der Waals surface area contributed by atoms with Crippen LogP contribution in [0.15, 0.2) is 48.7 Å². The number of carbonyl (C=O) groups is 1. The van der Waals surface area contributed by atoms with Crippen LogP contribution in [0, 0.1) is 20.8 Å². The number of hydrogen-bond acceptors (Lipinski definition) is 5. The molecule has 0 aliphatic rings. The molecule has 0 atom stereocenters. The molecule has 0 saturated carbocycles. The Morgan fingerprint density at radius 1 is 1.10 bits per heavy atom. The summed E-state index contributed by atoms with van der Waals surface area (Å²) >= 11 is 0. The molecule has 7 heteroatoms. The summed E-state index contributed by atoms with van der Waals surface area (Å²) in [7, 11) is 1.62. The van der Waals surface area contributed by atoms with Gasteiger partial charge in [0.15, 0.2) is 5.82 Å². The molecule has 0 aliphatic heterocycles. The van der Waals surface area contributed by atoms with Crippen molar-refractivity contribution in [3.05, 3.63) is 76.9 Å². The van der Waals surface area contributed by atoms with E-state index in [9.17, 15) is 4.79 Å². The van der Waals surface area contributed by atoms with Gasteiger partial charge in [0.05, 0.1) is 29.6 Å². The normalized spacial score (nSPS) is 10.9. The number of aromatic nitrogens is 4. The summed E-state index contributed by atoms with van der Waals surface area (Å²) in [5, 5.41) is 8.28. The fourth-order valence-corrected chi connectivity index (χ4v) is 3.38. The van der Waals surface area contributed by atoms with Crippen LogP contribution < -0.4 is 10.1 Å². The number of pyridine rings is 2. The standard InChI is InChI=1S/C23H23N5O2/c1-14-9-15(2)28(27-14)22-8-5-17(12-24-22)13-25-23(29)20-10-18-6-7-19(30-4)11-21(18)26-16(20)3/h5-12H,13H2,1-4H3,(H,25,29). The zero-order valence-electron chi connectivity index (χ0n) is 17.4. The van der Waals surface area contributed by atoms with Crippen molar-refractivity contribution in [3.8, 4) is 11.6 Å². The van der Waals surface area contributed by atoms with E-state index in [0.29, 0.717) is 17.8 Å². The molecule has 0 aliphatic carbocycles. The highest BCUT2D eigenvalue weighted by Gasteiger charge is 2.12. The van der Waals surface area contributed by atoms with Gasteiger partial charge in [-0.3, -0.25) is 9.78 Å². The molecular weight excluding hydrogens is 378 g/mol. The summed E-state index contributed by atoms with van der Waals surface area (Å²) in [4.78, 5) is 21.8. The van der Waals surface area contributed by atoms with Crippen LogP contribution >= 0.6 is 0 Å². The van der Waals surface area contributed by atoms with Gasteiger partial charge in [-0.25, -0.2) is 9.67 Å². The predicted octanol–water partition coefficient (Wildman–Crippen LogP) is 3.68. The topological polar surface area (TPSA) is 81.9 Å². The van der Waals surface area contributed by atoms with E-state index in [4.69, 9.17) is 4.74 Å². The number of ether oxygens (including phenoxy) is 1. The number of fused-ring (bicyclic) bond motifs is 1. The number of nitrogens with one attached hydrogen (secondary N) is 1. The fourth-order valence-electron chi connectivity index (χ4n) is 3.38. The van der Waals surface area contributed by atoms with Crippen molar-refractivity contribution in [1.82, 2.24) is 25.1 Å². The maximum atomic E-state index is 12.7. The Bertz CT molecular complexity index is 1230. The van der Waals surface area contributed by atoms with E-state index in [1.165, 1.54) is 0 Å². The molecule has 4 rings (SSSR count). The Morgan fingerprint density at radius 2 is 1.93 bits per heavy atom. The van der Waals surface area contributed by atoms with E-state index < -0.39 is 0 Å². The third-order valence-electron chi connectivity index (χ3n) is 4.95. The predicted molar refractivity (Wildman–Crippen MR) is 115 cm³/mol. The minimum Gasteiger partial charge on any atom is -0.497 e. The molecule has 0 radical (unpaired) electrons. The summed E-state index contributed by atoms with van der Waals surface area (Å²) in [6.45, 7) is 6.15. The smallest absolute Gasteiger partial charge is 0.253 e. The minimum absolute atomic E-state index is 0.166. The number of nitrogens with zero attached hydrogens (tertiary/aromatic N) is 4. The molecule has 7 nitrogen and oxygen atoms in total. The second-order valence-electron chi connectivity index (χ2n) is 7.23. The van der Waals surface area contributed by atoms with Crippen molar-refractivity contribution in [1.29, 1.82) is 0 Å². The van der Waals surface area contributed by atoms with Gasteiger partial charge in [0.25, 0.3) is 5.91 Å². The third kappa shape index (κ3) is 3.87. The van der Waals surface area contributed by atoms with E-state index in [2.05, 4.69) is 20.4 Å². The number of hydrogen-bond donors (Lipinski definition) is 1. The van der Waals surface area contributed by atoms with Gasteiger partial charge in [0, 0.05) is 29.9 Å². The van der Waals surface area contributed by atoms with Gasteiger partial charge >= 0.3 is 0 Å². The summed E-state index contributed by atoms with van der Waals surface area (Å²) < 4.78 is 7.04. The van der Waals surface area contributed by atoms with Gasteiger partial charge in [-0.05, 0) is 56.7 Å². The van der Waals surface area contributed by atoms with Crippen molar-refractivity contribution >= 4 is 16.8 Å². The van der Waals surface area contributed by atoms with E-state index >= 15 is 0 Å². The van der Waals surface area contributed by atoms with Crippen LogP contribution in [0.1, 0.15) is 33.0 Å². The number of amides is 1. The van der Waals surface area contributed by atoms with Crippen molar-refractivity contribution < 1.29 is 9.53 Å². The van der Waals surface area contributed by atoms with E-state index in [1.807, 2.05) is 63.2 Å². The number of carbonyl (C=O) groups excluding carboxylic acids is 1. The Morgan fingerprint density at radius 3 is 2.60 bits per heavy atom. The number of rotatable bonds is 5. The van der Waals surface area contributed by atoms with Gasteiger partial charge in [0.1, 0.15) is 5.75 Å². The highest BCUT2D eigenvalue weighted by Crippen LogP contribution is 2.21. The van der Waals surface area contributed by atoms with E-state index in [-0.39, 0.29) is 5.91 Å². The monoisotopic (exact) mass is 401 g/mol. The SMILES string of the molecule is COc1ccc2cc(C(=O)NCc3ccc(-n4nc(C)cc4C)nc3)c(C)nc2c1. The molecule has 0 unspecified atom stereocenters. The van der Waals surface area contributed by atoms with Gasteiger partial charge in [-0.2, -0.15) is 5.10 Å². The van der Waals surface area contributed by atoms with Crippen molar-refractivity contribution in [2.75, 3.05) is 7.11 Å². The second kappa shape index (κ2) is 7.94. The summed E-state index contributed by atoms with van der Waals surface area (Å²) in [6.07, 6.45) is 1.75. The minimum atomic E-state index is -0.166. The molecule has 1 amide bonds. The van der Waals surface area contributed by atoms with Crippen molar-refractivity contribution in [3.63, 3.8) is 0 Å². The summed E-state index contributed by atoms with van der Waals surface area (Å²) in [5.41, 5.74) is 4.91. The number of methoxy groups -OCH3 is 1. The fraction of sp³-hybridized carbons (Fsp3) is 0.217. The first-order chi connectivity index (χ1) is 14.4. The lowest BCUT2D eigenvalue weighted by molar-refractivity contribution is 0.0950. The van der Waals surface area contributed by atoms with Crippen LogP contribution in [0.4, 0.5) is 0 Å². The number of benzene rings is 1. The average Bonchev–Trinajstić information content (AvgIpc) is 3.09. The zero-order chi connectivity index (χ0) is 21.3. The largest absolute Gasteiger partial charge is 0.497 e. The van der Waals surface area contributed by atoms with Crippen LogP contribution in [0.3, 0.4) is 0 Å². The Balaban J connectivity index is 1.48. The molecule has 0 saturated heterocycles. The quantitative estimate of drug-likeness (QED) is 0.552.